The summed E-state index contributed by atoms with van der Waals surface area (Å²) in [5, 5.41) is 0.656. The van der Waals surface area contributed by atoms with Crippen molar-refractivity contribution in [2.75, 3.05) is 12.3 Å². The normalized spacial score (nSPS) is 16.2. The number of benzene rings is 1. The van der Waals surface area contributed by atoms with Gasteiger partial charge in [-0.25, -0.2) is 8.93 Å². The standard InChI is InChI=1S/C14H16ClNOS2/c1-11-13(15)6-4-7-14(11)19(17)16-9-8-12-5-2-3-10-18-12/h2-7,16H,8-10H2,1H3. The van der Waals surface area contributed by atoms with Crippen LogP contribution in [0.2, 0.25) is 5.02 Å². The molecule has 0 fully saturated rings. The first kappa shape index (κ1) is 14.9. The van der Waals surface area contributed by atoms with Crippen LogP contribution in [0.4, 0.5) is 0 Å². The van der Waals surface area contributed by atoms with Crippen molar-refractivity contribution in [3.8, 4) is 0 Å². The second kappa shape index (κ2) is 7.29. The van der Waals surface area contributed by atoms with Crippen LogP contribution in [0, 0.1) is 6.92 Å². The van der Waals surface area contributed by atoms with Gasteiger partial charge in [0.1, 0.15) is 11.0 Å². The molecule has 0 radical (unpaired) electrons. The Balaban J connectivity index is 1.89. The molecule has 1 unspecified atom stereocenters. The van der Waals surface area contributed by atoms with Crippen molar-refractivity contribution in [2.24, 2.45) is 0 Å². The molecule has 0 amide bonds. The van der Waals surface area contributed by atoms with E-state index in [0.29, 0.717) is 11.6 Å². The van der Waals surface area contributed by atoms with Gasteiger partial charge in [-0.3, -0.25) is 0 Å². The molecule has 0 bridgehead atoms. The number of allylic oxidation sites excluding steroid dienone is 2. The summed E-state index contributed by atoms with van der Waals surface area (Å²) in [6, 6.07) is 5.49. The van der Waals surface area contributed by atoms with Crippen LogP contribution in [0.3, 0.4) is 0 Å². The molecule has 0 aliphatic carbocycles. The molecular weight excluding hydrogens is 298 g/mol. The van der Waals surface area contributed by atoms with Crippen molar-refractivity contribution in [1.29, 1.82) is 0 Å². The highest BCUT2D eigenvalue weighted by atomic mass is 35.5. The van der Waals surface area contributed by atoms with Gasteiger partial charge in [0.25, 0.3) is 0 Å². The minimum absolute atomic E-state index is 0.656. The molecule has 102 valence electrons. The second-order valence-corrected chi connectivity index (χ2v) is 6.97. The van der Waals surface area contributed by atoms with Crippen LogP contribution in [0.15, 0.2) is 46.2 Å². The number of hydrogen-bond acceptors (Lipinski definition) is 2. The fourth-order valence-electron chi connectivity index (χ4n) is 1.72. The lowest BCUT2D eigenvalue weighted by molar-refractivity contribution is 0.671. The Kier molecular flexibility index (Phi) is 5.70. The molecule has 1 aromatic rings. The van der Waals surface area contributed by atoms with Crippen molar-refractivity contribution in [3.63, 3.8) is 0 Å². The number of rotatable bonds is 5. The van der Waals surface area contributed by atoms with Gasteiger partial charge in [0.2, 0.25) is 0 Å². The Morgan fingerprint density at radius 3 is 3.05 bits per heavy atom. The van der Waals surface area contributed by atoms with Crippen LogP contribution >= 0.6 is 23.4 Å². The lowest BCUT2D eigenvalue weighted by Crippen LogP contribution is -2.19. The molecule has 0 saturated carbocycles. The summed E-state index contributed by atoms with van der Waals surface area (Å²) < 4.78 is 15.2. The molecule has 0 spiro atoms. The summed E-state index contributed by atoms with van der Waals surface area (Å²) in [4.78, 5) is 2.09. The Hall–Kier alpha value is -0.550. The van der Waals surface area contributed by atoms with Gasteiger partial charge in [-0.1, -0.05) is 35.9 Å². The average molecular weight is 314 g/mol. The molecule has 0 saturated heterocycles. The highest BCUT2D eigenvalue weighted by Gasteiger charge is 2.09. The topological polar surface area (TPSA) is 29.1 Å². The second-order valence-electron chi connectivity index (χ2n) is 4.15. The van der Waals surface area contributed by atoms with E-state index in [2.05, 4.69) is 23.0 Å². The van der Waals surface area contributed by atoms with Gasteiger partial charge in [0.05, 0.1) is 4.90 Å². The predicted molar refractivity (Wildman–Crippen MR) is 84.9 cm³/mol. The molecule has 19 heavy (non-hydrogen) atoms. The van der Waals surface area contributed by atoms with Crippen LogP contribution in [0.1, 0.15) is 12.0 Å². The van der Waals surface area contributed by atoms with E-state index in [0.717, 1.165) is 22.6 Å². The summed E-state index contributed by atoms with van der Waals surface area (Å²) in [7, 11) is -1.20. The Bertz CT molecular complexity index is 540. The van der Waals surface area contributed by atoms with Crippen LogP contribution in [-0.2, 0) is 11.0 Å². The third-order valence-corrected chi connectivity index (χ3v) is 5.59. The van der Waals surface area contributed by atoms with Crippen LogP contribution in [-0.4, -0.2) is 16.5 Å². The maximum absolute atomic E-state index is 12.2. The number of halogens is 1. The van der Waals surface area contributed by atoms with E-state index in [1.165, 1.54) is 4.91 Å². The zero-order chi connectivity index (χ0) is 13.7. The zero-order valence-corrected chi connectivity index (χ0v) is 13.1. The lowest BCUT2D eigenvalue weighted by atomic mass is 10.2. The van der Waals surface area contributed by atoms with Crippen LogP contribution < -0.4 is 4.72 Å². The monoisotopic (exact) mass is 313 g/mol. The maximum Gasteiger partial charge on any atom is 0.125 e. The van der Waals surface area contributed by atoms with Gasteiger partial charge in [-0.05, 0) is 35.9 Å². The molecule has 1 aliphatic heterocycles. The minimum Gasteiger partial charge on any atom is -0.237 e. The Labute approximate surface area is 125 Å². The molecule has 1 aromatic carbocycles. The quantitative estimate of drug-likeness (QED) is 0.895. The van der Waals surface area contributed by atoms with E-state index in [4.69, 9.17) is 11.6 Å². The summed E-state index contributed by atoms with van der Waals surface area (Å²) in [6.45, 7) is 2.59. The van der Waals surface area contributed by atoms with Gasteiger partial charge in [0, 0.05) is 17.3 Å². The first-order valence-corrected chi connectivity index (χ1v) is 8.58. The van der Waals surface area contributed by atoms with Crippen molar-refractivity contribution in [2.45, 2.75) is 18.2 Å². The molecule has 1 N–H and O–H groups in total. The highest BCUT2D eigenvalue weighted by molar-refractivity contribution is 8.03. The third-order valence-electron chi connectivity index (χ3n) is 2.81. The van der Waals surface area contributed by atoms with Crippen molar-refractivity contribution in [3.05, 3.63) is 51.9 Å². The largest absolute Gasteiger partial charge is 0.237 e. The van der Waals surface area contributed by atoms with Gasteiger partial charge in [0.15, 0.2) is 0 Å². The van der Waals surface area contributed by atoms with E-state index >= 15 is 0 Å². The van der Waals surface area contributed by atoms with Crippen molar-refractivity contribution >= 4 is 34.3 Å². The zero-order valence-electron chi connectivity index (χ0n) is 10.7. The highest BCUT2D eigenvalue weighted by Crippen LogP contribution is 2.23. The maximum atomic E-state index is 12.2. The fourth-order valence-corrected chi connectivity index (χ4v) is 3.83. The first-order valence-electron chi connectivity index (χ1n) is 6.07. The smallest absolute Gasteiger partial charge is 0.125 e. The molecule has 5 heteroatoms. The summed E-state index contributed by atoms with van der Waals surface area (Å²) >= 11 is 7.86. The van der Waals surface area contributed by atoms with Gasteiger partial charge in [-0.15, -0.1) is 11.8 Å². The SMILES string of the molecule is Cc1c(Cl)cccc1S(=O)NCCC1=CC=CCS1. The van der Waals surface area contributed by atoms with Gasteiger partial charge in [-0.2, -0.15) is 0 Å². The van der Waals surface area contributed by atoms with E-state index in [1.807, 2.05) is 36.9 Å². The van der Waals surface area contributed by atoms with Crippen molar-refractivity contribution in [1.82, 2.24) is 4.72 Å². The molecule has 1 heterocycles. The van der Waals surface area contributed by atoms with Gasteiger partial charge >= 0.3 is 0 Å². The van der Waals surface area contributed by atoms with Crippen molar-refractivity contribution < 1.29 is 4.21 Å². The molecule has 2 nitrogen and oxygen atoms in total. The number of hydrogen-bond donors (Lipinski definition) is 1. The van der Waals surface area contributed by atoms with Crippen LogP contribution in [0.5, 0.6) is 0 Å². The van der Waals surface area contributed by atoms with E-state index < -0.39 is 11.0 Å². The van der Waals surface area contributed by atoms with E-state index in [1.54, 1.807) is 0 Å². The molecular formula is C14H16ClNOS2. The lowest BCUT2D eigenvalue weighted by Gasteiger charge is -2.10. The molecule has 2 rings (SSSR count). The Morgan fingerprint density at radius 1 is 1.47 bits per heavy atom. The molecule has 1 aliphatic rings. The van der Waals surface area contributed by atoms with E-state index in [-0.39, 0.29) is 0 Å². The molecule has 1 atom stereocenters. The van der Waals surface area contributed by atoms with E-state index in [9.17, 15) is 4.21 Å². The number of thioether (sulfide) groups is 1. The Morgan fingerprint density at radius 2 is 2.32 bits per heavy atom. The summed E-state index contributed by atoms with van der Waals surface area (Å²) in [6.07, 6.45) is 7.22. The fraction of sp³-hybridized carbons (Fsp3) is 0.286. The average Bonchev–Trinajstić information content (AvgIpc) is 2.43. The number of nitrogens with one attached hydrogen (secondary N) is 1. The summed E-state index contributed by atoms with van der Waals surface area (Å²) in [5.41, 5.74) is 0.879. The van der Waals surface area contributed by atoms with Gasteiger partial charge < -0.3 is 0 Å². The first-order chi connectivity index (χ1) is 9.18. The molecule has 0 aromatic heterocycles. The summed E-state index contributed by atoms with van der Waals surface area (Å²) in [5.74, 6) is 1.03. The minimum atomic E-state index is -1.20. The third kappa shape index (κ3) is 4.21. The van der Waals surface area contributed by atoms with Crippen LogP contribution in [0.25, 0.3) is 0 Å². The predicted octanol–water partition coefficient (Wildman–Crippen LogP) is 3.84.